The third kappa shape index (κ3) is 14.4. The van der Waals surface area contributed by atoms with Gasteiger partial charge in [0, 0.05) is 36.1 Å². The van der Waals surface area contributed by atoms with Crippen molar-refractivity contribution in [3.8, 4) is 11.5 Å². The van der Waals surface area contributed by atoms with Gasteiger partial charge >= 0.3 is 0 Å². The van der Waals surface area contributed by atoms with Crippen LogP contribution >= 0.6 is 0 Å². The first-order valence-electron chi connectivity index (χ1n) is 18.4. The molecule has 0 spiro atoms. The Balaban J connectivity index is 2.05. The van der Waals surface area contributed by atoms with Gasteiger partial charge in [-0.3, -0.25) is 9.59 Å². The minimum atomic E-state index is -0.0713. The maximum atomic E-state index is 13.8. The summed E-state index contributed by atoms with van der Waals surface area (Å²) in [6.45, 7) is 19.6. The van der Waals surface area contributed by atoms with Crippen LogP contribution in [-0.4, -0.2) is 73.8 Å². The van der Waals surface area contributed by atoms with Gasteiger partial charge in [0.15, 0.2) is 11.6 Å². The van der Waals surface area contributed by atoms with Crippen LogP contribution in [0, 0.1) is 11.8 Å². The molecular weight excluding hydrogens is 572 g/mol. The molecule has 6 heteroatoms. The molecule has 2 rings (SSSR count). The molecule has 0 radical (unpaired) electrons. The SMILES string of the molecule is CCCCCOc1ccc(C(=O)C(CCCCC(CN(CC)CC)C(=O)c2ccc(OCCCCC)cc2)CN(CC)CC)cc1. The number of unbranched alkanes of at least 4 members (excludes halogenated alkanes) is 5. The number of carbonyl (C=O) groups is 2. The summed E-state index contributed by atoms with van der Waals surface area (Å²) < 4.78 is 11.7. The van der Waals surface area contributed by atoms with E-state index in [0.717, 1.165) is 113 Å². The third-order valence-corrected chi connectivity index (χ3v) is 9.15. The number of rotatable bonds is 27. The molecule has 0 aliphatic rings. The highest BCUT2D eigenvalue weighted by atomic mass is 16.5. The predicted octanol–water partition coefficient (Wildman–Crippen LogP) is 9.37. The van der Waals surface area contributed by atoms with Crippen molar-refractivity contribution in [2.45, 2.75) is 106 Å². The zero-order valence-electron chi connectivity index (χ0n) is 30.0. The molecule has 46 heavy (non-hydrogen) atoms. The van der Waals surface area contributed by atoms with E-state index >= 15 is 0 Å². The molecule has 0 fully saturated rings. The van der Waals surface area contributed by atoms with Gasteiger partial charge in [0.05, 0.1) is 13.2 Å². The molecule has 0 aromatic heterocycles. The summed E-state index contributed by atoms with van der Waals surface area (Å²) >= 11 is 0. The second-order valence-corrected chi connectivity index (χ2v) is 12.5. The number of ether oxygens (including phenoxy) is 2. The second kappa shape index (κ2) is 23.6. The normalized spacial score (nSPS) is 12.8. The van der Waals surface area contributed by atoms with E-state index in [4.69, 9.17) is 9.47 Å². The number of nitrogens with zero attached hydrogens (tertiary/aromatic N) is 2. The van der Waals surface area contributed by atoms with Crippen molar-refractivity contribution in [2.75, 3.05) is 52.5 Å². The van der Waals surface area contributed by atoms with Crippen molar-refractivity contribution in [3.63, 3.8) is 0 Å². The van der Waals surface area contributed by atoms with E-state index in [2.05, 4.69) is 51.3 Å². The summed E-state index contributed by atoms with van der Waals surface area (Å²) in [5.41, 5.74) is 1.51. The van der Waals surface area contributed by atoms with Gasteiger partial charge in [-0.05, 0) is 100 Å². The number of hydrogen-bond acceptors (Lipinski definition) is 6. The van der Waals surface area contributed by atoms with Gasteiger partial charge in [0.1, 0.15) is 11.5 Å². The van der Waals surface area contributed by atoms with Crippen molar-refractivity contribution in [1.29, 1.82) is 0 Å². The Bertz CT molecular complexity index is 990. The van der Waals surface area contributed by atoms with E-state index in [9.17, 15) is 9.59 Å². The van der Waals surface area contributed by atoms with Gasteiger partial charge in [-0.1, -0.05) is 80.1 Å². The van der Waals surface area contributed by atoms with E-state index in [0.29, 0.717) is 13.2 Å². The highest BCUT2D eigenvalue weighted by Gasteiger charge is 2.25. The lowest BCUT2D eigenvalue weighted by molar-refractivity contribution is 0.0852. The average molecular weight is 637 g/mol. The fourth-order valence-electron chi connectivity index (χ4n) is 5.97. The van der Waals surface area contributed by atoms with Crippen molar-refractivity contribution < 1.29 is 19.1 Å². The first kappa shape index (κ1) is 39.5. The van der Waals surface area contributed by atoms with Crippen molar-refractivity contribution >= 4 is 11.6 Å². The summed E-state index contributed by atoms with van der Waals surface area (Å²) in [6, 6.07) is 15.4. The van der Waals surface area contributed by atoms with Gasteiger partial charge < -0.3 is 19.3 Å². The van der Waals surface area contributed by atoms with Gasteiger partial charge in [-0.15, -0.1) is 0 Å². The first-order valence-corrected chi connectivity index (χ1v) is 18.4. The zero-order valence-corrected chi connectivity index (χ0v) is 30.0. The minimum Gasteiger partial charge on any atom is -0.494 e. The van der Waals surface area contributed by atoms with Crippen LogP contribution in [0.1, 0.15) is 126 Å². The maximum Gasteiger partial charge on any atom is 0.167 e. The van der Waals surface area contributed by atoms with Gasteiger partial charge in [-0.2, -0.15) is 0 Å². The zero-order chi connectivity index (χ0) is 33.6. The molecule has 0 saturated heterocycles. The topological polar surface area (TPSA) is 59.1 Å². The average Bonchev–Trinajstić information content (AvgIpc) is 3.09. The van der Waals surface area contributed by atoms with Gasteiger partial charge in [0.25, 0.3) is 0 Å². The molecule has 258 valence electrons. The lowest BCUT2D eigenvalue weighted by atomic mass is 9.88. The van der Waals surface area contributed by atoms with Crippen LogP contribution in [0.3, 0.4) is 0 Å². The Hall–Kier alpha value is -2.70. The monoisotopic (exact) mass is 636 g/mol. The summed E-state index contributed by atoms with van der Waals surface area (Å²) in [7, 11) is 0. The van der Waals surface area contributed by atoms with Crippen molar-refractivity contribution in [3.05, 3.63) is 59.7 Å². The molecule has 0 N–H and O–H groups in total. The van der Waals surface area contributed by atoms with E-state index in [1.807, 2.05) is 48.5 Å². The van der Waals surface area contributed by atoms with Crippen LogP contribution in [0.2, 0.25) is 0 Å². The molecule has 6 nitrogen and oxygen atoms in total. The molecule has 0 heterocycles. The van der Waals surface area contributed by atoms with Gasteiger partial charge in [-0.25, -0.2) is 0 Å². The second-order valence-electron chi connectivity index (χ2n) is 12.5. The van der Waals surface area contributed by atoms with E-state index in [-0.39, 0.29) is 23.4 Å². The first-order chi connectivity index (χ1) is 22.4. The lowest BCUT2D eigenvalue weighted by Gasteiger charge is -2.26. The number of benzene rings is 2. The van der Waals surface area contributed by atoms with Crippen molar-refractivity contribution in [2.24, 2.45) is 11.8 Å². The molecule has 2 aromatic carbocycles. The fraction of sp³-hybridized carbons (Fsp3) is 0.650. The Morgan fingerprint density at radius 3 is 1.17 bits per heavy atom. The Morgan fingerprint density at radius 1 is 0.522 bits per heavy atom. The van der Waals surface area contributed by atoms with Crippen LogP contribution in [-0.2, 0) is 0 Å². The Morgan fingerprint density at radius 2 is 0.870 bits per heavy atom. The molecule has 0 amide bonds. The molecule has 0 aliphatic carbocycles. The quantitative estimate of drug-likeness (QED) is 0.0719. The van der Waals surface area contributed by atoms with E-state index in [1.165, 1.54) is 12.8 Å². The van der Waals surface area contributed by atoms with E-state index < -0.39 is 0 Å². The Kier molecular flexibility index (Phi) is 20.2. The highest BCUT2D eigenvalue weighted by molar-refractivity contribution is 5.98. The minimum absolute atomic E-state index is 0.0713. The third-order valence-electron chi connectivity index (χ3n) is 9.15. The van der Waals surface area contributed by atoms with Crippen molar-refractivity contribution in [1.82, 2.24) is 9.80 Å². The highest BCUT2D eigenvalue weighted by Crippen LogP contribution is 2.24. The lowest BCUT2D eigenvalue weighted by Crippen LogP contribution is -2.34. The number of carbonyl (C=O) groups excluding carboxylic acids is 2. The summed E-state index contributed by atoms with van der Waals surface area (Å²) in [4.78, 5) is 32.2. The van der Waals surface area contributed by atoms with Crippen LogP contribution in [0.15, 0.2) is 48.5 Å². The number of hydrogen-bond donors (Lipinski definition) is 0. The Labute approximate surface area is 281 Å². The molecule has 0 saturated carbocycles. The number of Topliss-reactive ketones (excluding diaryl/α,β-unsaturated/α-hetero) is 2. The summed E-state index contributed by atoms with van der Waals surface area (Å²) in [5, 5.41) is 0. The fourth-order valence-corrected chi connectivity index (χ4v) is 5.97. The largest absolute Gasteiger partial charge is 0.494 e. The molecule has 0 bridgehead atoms. The van der Waals surface area contributed by atoms with Gasteiger partial charge in [0.2, 0.25) is 0 Å². The van der Waals surface area contributed by atoms with Crippen LogP contribution in [0.25, 0.3) is 0 Å². The molecular formula is C40H64N2O4. The van der Waals surface area contributed by atoms with Crippen LogP contribution < -0.4 is 9.47 Å². The maximum absolute atomic E-state index is 13.8. The molecule has 2 atom stereocenters. The smallest absolute Gasteiger partial charge is 0.167 e. The number of ketones is 2. The summed E-state index contributed by atoms with van der Waals surface area (Å²) in [5.74, 6) is 1.92. The molecule has 2 aromatic rings. The van der Waals surface area contributed by atoms with Crippen LogP contribution in [0.5, 0.6) is 11.5 Å². The molecule has 0 aliphatic heterocycles. The van der Waals surface area contributed by atoms with E-state index in [1.54, 1.807) is 0 Å². The standard InChI is InChI=1S/C40H64N2O4/c1-7-13-17-29-45-37-25-21-33(22-26-37)39(43)35(31-41(9-3)10-4)19-15-16-20-36(32-42(11-5)12-6)40(44)34-23-27-38(28-24-34)46-30-18-14-8-2/h21-28,35-36H,7-20,29-32H2,1-6H3. The van der Waals surface area contributed by atoms with Crippen LogP contribution in [0.4, 0.5) is 0 Å². The molecule has 2 unspecified atom stereocenters. The summed E-state index contributed by atoms with van der Waals surface area (Å²) in [6.07, 6.45) is 10.2. The predicted molar refractivity (Wildman–Crippen MR) is 193 cm³/mol.